The van der Waals surface area contributed by atoms with Gasteiger partial charge in [0, 0.05) is 45.3 Å². The third kappa shape index (κ3) is 3.46. The SMILES string of the molecule is CC(=O)N1CCc2ccccc2C1C(=O)N1CCN(c2ccc(F)cc2)CC1. The molecule has 1 atom stereocenters. The molecule has 1 saturated heterocycles. The van der Waals surface area contributed by atoms with E-state index in [4.69, 9.17) is 0 Å². The lowest BCUT2D eigenvalue weighted by Gasteiger charge is -2.41. The van der Waals surface area contributed by atoms with Crippen LogP contribution in [0, 0.1) is 5.82 Å². The van der Waals surface area contributed by atoms with Crippen LogP contribution < -0.4 is 4.90 Å². The number of benzene rings is 2. The molecule has 0 spiro atoms. The number of carbonyl (C=O) groups is 2. The number of rotatable bonds is 2. The second kappa shape index (κ2) is 7.62. The minimum atomic E-state index is -0.542. The van der Waals surface area contributed by atoms with Gasteiger partial charge in [-0.05, 0) is 41.8 Å². The van der Waals surface area contributed by atoms with Crippen LogP contribution in [-0.2, 0) is 16.0 Å². The van der Waals surface area contributed by atoms with Crippen molar-refractivity contribution in [3.63, 3.8) is 0 Å². The fourth-order valence-electron chi connectivity index (χ4n) is 4.18. The summed E-state index contributed by atoms with van der Waals surface area (Å²) in [5, 5.41) is 0. The minimum Gasteiger partial charge on any atom is -0.368 e. The van der Waals surface area contributed by atoms with E-state index < -0.39 is 6.04 Å². The van der Waals surface area contributed by atoms with Gasteiger partial charge in [0.1, 0.15) is 11.9 Å². The Labute approximate surface area is 164 Å². The molecule has 2 heterocycles. The van der Waals surface area contributed by atoms with Crippen molar-refractivity contribution in [1.82, 2.24) is 9.80 Å². The molecule has 2 amide bonds. The van der Waals surface area contributed by atoms with E-state index in [2.05, 4.69) is 4.90 Å². The Bertz CT molecular complexity index is 876. The van der Waals surface area contributed by atoms with Crippen molar-refractivity contribution in [2.45, 2.75) is 19.4 Å². The van der Waals surface area contributed by atoms with Crippen molar-refractivity contribution in [3.8, 4) is 0 Å². The molecule has 2 aromatic carbocycles. The van der Waals surface area contributed by atoms with Crippen LogP contribution in [-0.4, -0.2) is 54.3 Å². The van der Waals surface area contributed by atoms with Crippen molar-refractivity contribution in [2.24, 2.45) is 0 Å². The highest BCUT2D eigenvalue weighted by Crippen LogP contribution is 2.32. The van der Waals surface area contributed by atoms with E-state index in [1.54, 1.807) is 17.0 Å². The van der Waals surface area contributed by atoms with Crippen LogP contribution in [0.3, 0.4) is 0 Å². The molecule has 0 aliphatic carbocycles. The van der Waals surface area contributed by atoms with Crippen molar-refractivity contribution in [2.75, 3.05) is 37.6 Å². The molecule has 1 fully saturated rings. The van der Waals surface area contributed by atoms with E-state index in [9.17, 15) is 14.0 Å². The Morgan fingerprint density at radius 1 is 0.929 bits per heavy atom. The standard InChI is InChI=1S/C22H24FN3O2/c1-16(27)26-11-10-17-4-2-3-5-20(17)21(26)22(28)25-14-12-24(13-15-25)19-8-6-18(23)7-9-19/h2-9,21H,10-15H2,1H3. The van der Waals surface area contributed by atoms with Crippen LogP contribution >= 0.6 is 0 Å². The average molecular weight is 381 g/mol. The van der Waals surface area contributed by atoms with Gasteiger partial charge in [-0.15, -0.1) is 0 Å². The van der Waals surface area contributed by atoms with Crippen LogP contribution in [0.15, 0.2) is 48.5 Å². The maximum absolute atomic E-state index is 13.4. The van der Waals surface area contributed by atoms with E-state index in [-0.39, 0.29) is 17.6 Å². The molecule has 146 valence electrons. The number of anilines is 1. The molecule has 2 aliphatic heterocycles. The van der Waals surface area contributed by atoms with Gasteiger partial charge in [0.15, 0.2) is 0 Å². The second-order valence-corrected chi connectivity index (χ2v) is 7.35. The Morgan fingerprint density at radius 3 is 2.29 bits per heavy atom. The molecule has 0 bridgehead atoms. The van der Waals surface area contributed by atoms with Crippen LogP contribution in [0.1, 0.15) is 24.1 Å². The van der Waals surface area contributed by atoms with E-state index >= 15 is 0 Å². The van der Waals surface area contributed by atoms with Gasteiger partial charge in [-0.25, -0.2) is 4.39 Å². The largest absolute Gasteiger partial charge is 0.368 e. The van der Waals surface area contributed by atoms with Crippen molar-refractivity contribution in [1.29, 1.82) is 0 Å². The number of carbonyl (C=O) groups excluding carboxylic acids is 2. The number of piperazine rings is 1. The maximum atomic E-state index is 13.4. The molecule has 28 heavy (non-hydrogen) atoms. The van der Waals surface area contributed by atoms with E-state index in [1.165, 1.54) is 19.1 Å². The lowest BCUT2D eigenvalue weighted by Crippen LogP contribution is -2.54. The van der Waals surface area contributed by atoms with Gasteiger partial charge < -0.3 is 14.7 Å². The number of fused-ring (bicyclic) bond motifs is 1. The van der Waals surface area contributed by atoms with Gasteiger partial charge in [-0.3, -0.25) is 9.59 Å². The summed E-state index contributed by atoms with van der Waals surface area (Å²) in [6.45, 7) is 4.64. The Morgan fingerprint density at radius 2 is 1.61 bits per heavy atom. The molecule has 4 rings (SSSR count). The van der Waals surface area contributed by atoms with Crippen LogP contribution in [0.25, 0.3) is 0 Å². The van der Waals surface area contributed by atoms with Gasteiger partial charge >= 0.3 is 0 Å². The summed E-state index contributed by atoms with van der Waals surface area (Å²) in [5.41, 5.74) is 3.04. The van der Waals surface area contributed by atoms with Crippen molar-refractivity contribution >= 4 is 17.5 Å². The van der Waals surface area contributed by atoms with Gasteiger partial charge in [-0.1, -0.05) is 24.3 Å². The van der Waals surface area contributed by atoms with Crippen LogP contribution in [0.4, 0.5) is 10.1 Å². The quantitative estimate of drug-likeness (QED) is 0.803. The van der Waals surface area contributed by atoms with Crippen LogP contribution in [0.2, 0.25) is 0 Å². The molecule has 2 aromatic rings. The fourth-order valence-corrected chi connectivity index (χ4v) is 4.18. The number of hydrogen-bond donors (Lipinski definition) is 0. The molecule has 2 aliphatic rings. The summed E-state index contributed by atoms with van der Waals surface area (Å²) in [6.07, 6.45) is 0.776. The van der Waals surface area contributed by atoms with E-state index in [0.29, 0.717) is 32.7 Å². The van der Waals surface area contributed by atoms with E-state index in [0.717, 1.165) is 23.2 Å². The third-order valence-corrected chi connectivity index (χ3v) is 5.70. The summed E-state index contributed by atoms with van der Waals surface area (Å²) in [7, 11) is 0. The average Bonchev–Trinajstić information content (AvgIpc) is 2.73. The number of halogens is 1. The predicted octanol–water partition coefficient (Wildman–Crippen LogP) is 2.62. The molecule has 0 aromatic heterocycles. The topological polar surface area (TPSA) is 43.9 Å². The van der Waals surface area contributed by atoms with Crippen molar-refractivity contribution in [3.05, 3.63) is 65.5 Å². The summed E-state index contributed by atoms with van der Waals surface area (Å²) in [5.74, 6) is -0.336. The normalized spacial score (nSPS) is 19.4. The predicted molar refractivity (Wildman–Crippen MR) is 105 cm³/mol. The Hall–Kier alpha value is -2.89. The molecule has 1 unspecified atom stereocenters. The highest BCUT2D eigenvalue weighted by molar-refractivity contribution is 5.89. The Kier molecular flexibility index (Phi) is 5.03. The lowest BCUT2D eigenvalue weighted by atomic mass is 9.91. The molecular formula is C22H24FN3O2. The molecule has 0 radical (unpaired) electrons. The Balaban J connectivity index is 1.51. The monoisotopic (exact) mass is 381 g/mol. The molecule has 5 nitrogen and oxygen atoms in total. The molecule has 0 N–H and O–H groups in total. The minimum absolute atomic E-state index is 0.0129. The zero-order chi connectivity index (χ0) is 19.7. The first-order valence-electron chi connectivity index (χ1n) is 9.69. The summed E-state index contributed by atoms with van der Waals surface area (Å²) in [6, 6.07) is 13.8. The van der Waals surface area contributed by atoms with Gasteiger partial charge in [0.2, 0.25) is 11.8 Å². The zero-order valence-corrected chi connectivity index (χ0v) is 16.0. The first kappa shape index (κ1) is 18.5. The van der Waals surface area contributed by atoms with Gasteiger partial charge in [-0.2, -0.15) is 0 Å². The number of nitrogens with zero attached hydrogens (tertiary/aromatic N) is 3. The molecule has 0 saturated carbocycles. The maximum Gasteiger partial charge on any atom is 0.250 e. The number of hydrogen-bond acceptors (Lipinski definition) is 3. The summed E-state index contributed by atoms with van der Waals surface area (Å²) in [4.78, 5) is 31.3. The number of amides is 2. The van der Waals surface area contributed by atoms with Crippen molar-refractivity contribution < 1.29 is 14.0 Å². The van der Waals surface area contributed by atoms with Crippen LogP contribution in [0.5, 0.6) is 0 Å². The third-order valence-electron chi connectivity index (χ3n) is 5.70. The van der Waals surface area contributed by atoms with E-state index in [1.807, 2.05) is 29.2 Å². The lowest BCUT2D eigenvalue weighted by molar-refractivity contribution is -0.146. The summed E-state index contributed by atoms with van der Waals surface area (Å²) >= 11 is 0. The smallest absolute Gasteiger partial charge is 0.250 e. The zero-order valence-electron chi connectivity index (χ0n) is 16.0. The van der Waals surface area contributed by atoms with Gasteiger partial charge in [0.25, 0.3) is 0 Å². The first-order valence-corrected chi connectivity index (χ1v) is 9.69. The fraction of sp³-hybridized carbons (Fsp3) is 0.364. The van der Waals surface area contributed by atoms with Gasteiger partial charge in [0.05, 0.1) is 0 Å². The highest BCUT2D eigenvalue weighted by atomic mass is 19.1. The second-order valence-electron chi connectivity index (χ2n) is 7.35. The molecule has 6 heteroatoms. The first-order chi connectivity index (χ1) is 13.5. The molecular weight excluding hydrogens is 357 g/mol. The summed E-state index contributed by atoms with van der Waals surface area (Å²) < 4.78 is 13.1. The highest BCUT2D eigenvalue weighted by Gasteiger charge is 2.37.